The van der Waals surface area contributed by atoms with Crippen molar-refractivity contribution in [3.63, 3.8) is 0 Å². The summed E-state index contributed by atoms with van der Waals surface area (Å²) in [6.45, 7) is 0. The number of alkyl halides is 2. The number of carbonyl (C=O) groups is 1. The maximum absolute atomic E-state index is 14.0. The van der Waals surface area contributed by atoms with Gasteiger partial charge in [0.15, 0.2) is 0 Å². The minimum absolute atomic E-state index is 0.0537. The molecule has 21 heavy (non-hydrogen) atoms. The van der Waals surface area contributed by atoms with Crippen LogP contribution in [0.5, 0.6) is 0 Å². The number of carbonyl (C=O) groups excluding carboxylic acids is 1. The second kappa shape index (κ2) is 6.43. The molecule has 0 aromatic heterocycles. The van der Waals surface area contributed by atoms with Gasteiger partial charge in [-0.05, 0) is 40.3 Å². The molecular formula is C16H10F3IO. The second-order valence-corrected chi connectivity index (χ2v) is 5.48. The van der Waals surface area contributed by atoms with Crippen LogP contribution in [0.2, 0.25) is 0 Å². The maximum Gasteiger partial charge on any atom is 0.329 e. The summed E-state index contributed by atoms with van der Waals surface area (Å²) in [4.78, 5) is 11.8. The van der Waals surface area contributed by atoms with Gasteiger partial charge in [-0.25, -0.2) is 4.39 Å². The Bertz CT molecular complexity index is 664. The van der Waals surface area contributed by atoms with Crippen LogP contribution in [0, 0.1) is 5.82 Å². The molecule has 0 radical (unpaired) electrons. The van der Waals surface area contributed by atoms with E-state index in [0.29, 0.717) is 11.6 Å². The van der Waals surface area contributed by atoms with Crippen molar-refractivity contribution in [2.45, 2.75) is 5.92 Å². The van der Waals surface area contributed by atoms with Gasteiger partial charge < -0.3 is 0 Å². The van der Waals surface area contributed by atoms with E-state index >= 15 is 0 Å². The Morgan fingerprint density at radius 1 is 0.952 bits per heavy atom. The van der Waals surface area contributed by atoms with Crippen LogP contribution >= 0.6 is 22.6 Å². The Morgan fingerprint density at radius 3 is 2.10 bits per heavy atom. The van der Waals surface area contributed by atoms with Gasteiger partial charge in [-0.1, -0.05) is 42.5 Å². The lowest BCUT2D eigenvalue weighted by molar-refractivity contribution is 0.0385. The molecule has 0 bridgehead atoms. The number of rotatable bonds is 4. The van der Waals surface area contributed by atoms with Crippen molar-refractivity contribution in [1.29, 1.82) is 0 Å². The first-order valence-electron chi connectivity index (χ1n) is 6.02. The van der Waals surface area contributed by atoms with E-state index in [0.717, 1.165) is 0 Å². The van der Waals surface area contributed by atoms with E-state index in [2.05, 4.69) is 0 Å². The molecule has 1 nitrogen and oxygen atoms in total. The lowest BCUT2D eigenvalue weighted by Gasteiger charge is -2.12. The largest absolute Gasteiger partial charge is 0.329 e. The van der Waals surface area contributed by atoms with Crippen molar-refractivity contribution in [2.24, 2.45) is 0 Å². The van der Waals surface area contributed by atoms with Gasteiger partial charge in [0.2, 0.25) is 5.78 Å². The molecule has 2 aromatic carbocycles. The first-order valence-corrected chi connectivity index (χ1v) is 7.10. The monoisotopic (exact) mass is 402 g/mol. The van der Waals surface area contributed by atoms with Gasteiger partial charge >= 0.3 is 5.92 Å². The second-order valence-electron chi connectivity index (χ2n) is 4.32. The predicted octanol–water partition coefficient (Wildman–Crippen LogP) is 5.12. The molecule has 0 atom stereocenters. The fraction of sp³-hybridized carbons (Fsp3) is 0.0625. The first-order chi connectivity index (χ1) is 9.90. The molecule has 0 amide bonds. The predicted molar refractivity (Wildman–Crippen MR) is 84.1 cm³/mol. The third-order valence-corrected chi connectivity index (χ3v) is 3.70. The summed E-state index contributed by atoms with van der Waals surface area (Å²) in [5.74, 6) is -5.33. The molecule has 2 rings (SSSR count). The number of hydrogen-bond donors (Lipinski definition) is 0. The van der Waals surface area contributed by atoms with Gasteiger partial charge in [-0.2, -0.15) is 8.78 Å². The zero-order chi connectivity index (χ0) is 15.5. The minimum Gasteiger partial charge on any atom is -0.287 e. The molecule has 108 valence electrons. The quantitative estimate of drug-likeness (QED) is 0.513. The van der Waals surface area contributed by atoms with Crippen molar-refractivity contribution < 1.29 is 18.0 Å². The molecule has 0 aliphatic rings. The highest BCUT2D eigenvalue weighted by molar-refractivity contribution is 14.1. The fourth-order valence-electron chi connectivity index (χ4n) is 1.70. The van der Waals surface area contributed by atoms with Gasteiger partial charge in [-0.15, -0.1) is 0 Å². The van der Waals surface area contributed by atoms with E-state index < -0.39 is 17.5 Å². The molecule has 0 N–H and O–H groups in total. The molecular weight excluding hydrogens is 392 g/mol. The van der Waals surface area contributed by atoms with Crippen LogP contribution in [0.4, 0.5) is 13.2 Å². The van der Waals surface area contributed by atoms with Gasteiger partial charge in [0, 0.05) is 15.2 Å². The number of ketones is 1. The summed E-state index contributed by atoms with van der Waals surface area (Å²) in [5, 5.41) is 0. The normalized spacial score (nSPS) is 12.3. The number of halogens is 4. The highest BCUT2D eigenvalue weighted by Crippen LogP contribution is 2.30. The van der Waals surface area contributed by atoms with E-state index in [4.69, 9.17) is 0 Å². The van der Waals surface area contributed by atoms with Crippen LogP contribution in [0.1, 0.15) is 15.9 Å². The Labute approximate surface area is 133 Å². The van der Waals surface area contributed by atoms with Crippen molar-refractivity contribution in [3.05, 3.63) is 77.6 Å². The highest BCUT2D eigenvalue weighted by atomic mass is 127. The van der Waals surface area contributed by atoms with Crippen LogP contribution in [-0.2, 0) is 0 Å². The van der Waals surface area contributed by atoms with Crippen LogP contribution in [0.25, 0.3) is 3.58 Å². The summed E-state index contributed by atoms with van der Waals surface area (Å²) < 4.78 is 41.0. The molecule has 0 fully saturated rings. The molecule has 0 spiro atoms. The fourth-order valence-corrected chi connectivity index (χ4v) is 2.45. The number of allylic oxidation sites excluding steroid dienone is 1. The van der Waals surface area contributed by atoms with Gasteiger partial charge in [0.05, 0.1) is 0 Å². The molecule has 5 heteroatoms. The van der Waals surface area contributed by atoms with Crippen molar-refractivity contribution >= 4 is 32.0 Å². The third-order valence-electron chi connectivity index (χ3n) is 2.77. The van der Waals surface area contributed by atoms with Crippen LogP contribution in [0.15, 0.2) is 60.7 Å². The van der Waals surface area contributed by atoms with Crippen molar-refractivity contribution in [3.8, 4) is 0 Å². The average Bonchev–Trinajstić information content (AvgIpc) is 2.47. The molecule has 0 saturated heterocycles. The highest BCUT2D eigenvalue weighted by Gasteiger charge is 2.37. The molecule has 0 aliphatic heterocycles. The third kappa shape index (κ3) is 3.93. The van der Waals surface area contributed by atoms with Crippen LogP contribution in [0.3, 0.4) is 0 Å². The summed E-state index contributed by atoms with van der Waals surface area (Å²) in [7, 11) is 0. The maximum atomic E-state index is 14.0. The summed E-state index contributed by atoms with van der Waals surface area (Å²) in [6.07, 6.45) is 0.593. The van der Waals surface area contributed by atoms with E-state index in [1.165, 1.54) is 48.5 Å². The lowest BCUT2D eigenvalue weighted by atomic mass is 10.0. The molecule has 0 aliphatic carbocycles. The summed E-state index contributed by atoms with van der Waals surface area (Å²) in [6, 6.07) is 12.5. The average molecular weight is 402 g/mol. The molecule has 0 unspecified atom stereocenters. The smallest absolute Gasteiger partial charge is 0.287 e. The zero-order valence-corrected chi connectivity index (χ0v) is 12.9. The van der Waals surface area contributed by atoms with Gasteiger partial charge in [0.1, 0.15) is 5.82 Å². The molecule has 0 heterocycles. The SMILES string of the molecule is O=C(c1ccccc1)C(F)(F)/C=C(/I)c1ccc(F)cc1. The summed E-state index contributed by atoms with van der Waals surface area (Å²) in [5.41, 5.74) is 0.375. The van der Waals surface area contributed by atoms with Gasteiger partial charge in [0.25, 0.3) is 0 Å². The topological polar surface area (TPSA) is 17.1 Å². The van der Waals surface area contributed by atoms with E-state index in [9.17, 15) is 18.0 Å². The summed E-state index contributed by atoms with van der Waals surface area (Å²) >= 11 is 1.70. The Hall–Kier alpha value is -1.63. The molecule has 0 saturated carbocycles. The van der Waals surface area contributed by atoms with Crippen LogP contribution < -0.4 is 0 Å². The van der Waals surface area contributed by atoms with Crippen LogP contribution in [-0.4, -0.2) is 11.7 Å². The molecule has 2 aromatic rings. The van der Waals surface area contributed by atoms with E-state index in [1.54, 1.807) is 28.7 Å². The lowest BCUT2D eigenvalue weighted by Crippen LogP contribution is -2.26. The zero-order valence-electron chi connectivity index (χ0n) is 10.7. The number of benzene rings is 2. The first kappa shape index (κ1) is 15.8. The minimum atomic E-state index is -3.62. The Kier molecular flexibility index (Phi) is 4.82. The number of Topliss-reactive ketones (excluding diaryl/α,β-unsaturated/α-hetero) is 1. The van der Waals surface area contributed by atoms with E-state index in [1.807, 2.05) is 0 Å². The van der Waals surface area contributed by atoms with Crippen molar-refractivity contribution in [1.82, 2.24) is 0 Å². The van der Waals surface area contributed by atoms with Gasteiger partial charge in [-0.3, -0.25) is 4.79 Å². The Balaban J connectivity index is 2.29. The Morgan fingerprint density at radius 2 is 1.52 bits per heavy atom. The van der Waals surface area contributed by atoms with Crippen molar-refractivity contribution in [2.75, 3.05) is 0 Å². The number of hydrogen-bond acceptors (Lipinski definition) is 1. The standard InChI is InChI=1S/C16H10F3IO/c17-13-8-6-11(7-9-13)14(20)10-16(18,19)15(21)12-4-2-1-3-5-12/h1-10H/b14-10+. The van der Waals surface area contributed by atoms with E-state index in [-0.39, 0.29) is 9.14 Å².